The number of hydrogen-bond acceptors (Lipinski definition) is 6. The Morgan fingerprint density at radius 2 is 1.07 bits per heavy atom. The molecule has 3 aromatic heterocycles. The maximum atomic E-state index is 5.26. The molecule has 0 fully saturated rings. The molecule has 0 saturated heterocycles. The van der Waals surface area contributed by atoms with Gasteiger partial charge in [-0.3, -0.25) is 0 Å². The van der Waals surface area contributed by atoms with Crippen molar-refractivity contribution in [3.8, 4) is 44.7 Å². The van der Waals surface area contributed by atoms with E-state index in [9.17, 15) is 0 Å². The lowest BCUT2D eigenvalue weighted by Gasteiger charge is -2.11. The predicted octanol–water partition coefficient (Wildman–Crippen LogP) is 10.7. The molecule has 0 saturated carbocycles. The van der Waals surface area contributed by atoms with E-state index in [1.807, 2.05) is 24.3 Å². The maximum Gasteiger partial charge on any atom is 0.167 e. The first kappa shape index (κ1) is 25.2. The highest BCUT2D eigenvalue weighted by atomic mass is 32.1. The minimum absolute atomic E-state index is 0.631. The van der Waals surface area contributed by atoms with E-state index in [-0.39, 0.29) is 0 Å². The lowest BCUT2D eigenvalue weighted by Crippen LogP contribution is -2.01. The zero-order chi connectivity index (χ0) is 29.0. The third-order valence-electron chi connectivity index (χ3n) is 7.94. The Bertz CT molecular complexity index is 2500. The summed E-state index contributed by atoms with van der Waals surface area (Å²) in [6, 6.07) is 46.2. The summed E-state index contributed by atoms with van der Waals surface area (Å²) in [6.07, 6.45) is 0. The third kappa shape index (κ3) is 4.19. The van der Waals surface area contributed by atoms with E-state index >= 15 is 0 Å². The fourth-order valence-electron chi connectivity index (χ4n) is 5.85. The molecule has 6 aromatic carbocycles. The number of rotatable bonds is 4. The molecule has 0 radical (unpaired) electrons. The van der Waals surface area contributed by atoms with E-state index < -0.39 is 0 Å². The molecule has 3 heterocycles. The Labute approximate surface area is 261 Å². The van der Waals surface area contributed by atoms with E-state index in [4.69, 9.17) is 19.9 Å². The molecule has 0 bridgehead atoms. The molecule has 0 spiro atoms. The molecule has 0 atom stereocenters. The van der Waals surface area contributed by atoms with Crippen LogP contribution in [0.1, 0.15) is 0 Å². The first-order valence-electron chi connectivity index (χ1n) is 14.4. The van der Waals surface area contributed by atoms with Crippen molar-refractivity contribution in [2.75, 3.05) is 0 Å². The molecule has 9 aromatic rings. The number of hydrogen-bond donors (Lipinski definition) is 0. The van der Waals surface area contributed by atoms with Crippen molar-refractivity contribution in [2.45, 2.75) is 0 Å². The highest BCUT2D eigenvalue weighted by Crippen LogP contribution is 2.46. The smallest absolute Gasteiger partial charge is 0.167 e. The first-order chi connectivity index (χ1) is 21.8. The Morgan fingerprint density at radius 3 is 1.89 bits per heavy atom. The van der Waals surface area contributed by atoms with Crippen LogP contribution in [0.3, 0.4) is 0 Å². The molecule has 9 rings (SSSR count). The van der Waals surface area contributed by atoms with Crippen molar-refractivity contribution in [1.82, 2.24) is 19.9 Å². The molecule has 4 nitrogen and oxygen atoms in total. The van der Waals surface area contributed by atoms with E-state index in [1.54, 1.807) is 22.7 Å². The van der Waals surface area contributed by atoms with Gasteiger partial charge in [0.25, 0.3) is 0 Å². The average molecular weight is 599 g/mol. The molecule has 6 heteroatoms. The molecule has 0 aliphatic rings. The van der Waals surface area contributed by atoms with Crippen LogP contribution in [0.25, 0.3) is 85.9 Å². The molecule has 0 unspecified atom stereocenters. The lowest BCUT2D eigenvalue weighted by atomic mass is 10.0. The summed E-state index contributed by atoms with van der Waals surface area (Å²) in [5.41, 5.74) is 4.87. The van der Waals surface area contributed by atoms with Crippen LogP contribution >= 0.6 is 22.7 Å². The predicted molar refractivity (Wildman–Crippen MR) is 185 cm³/mol. The summed E-state index contributed by atoms with van der Waals surface area (Å²) in [4.78, 5) is 20.7. The van der Waals surface area contributed by atoms with Gasteiger partial charge < -0.3 is 0 Å². The van der Waals surface area contributed by atoms with Gasteiger partial charge in [0.2, 0.25) is 0 Å². The summed E-state index contributed by atoms with van der Waals surface area (Å²) < 4.78 is 3.55. The van der Waals surface area contributed by atoms with Crippen molar-refractivity contribution >= 4 is 63.8 Å². The van der Waals surface area contributed by atoms with Crippen LogP contribution in [-0.4, -0.2) is 19.9 Å². The second kappa shape index (κ2) is 10.2. The van der Waals surface area contributed by atoms with Gasteiger partial charge in [0, 0.05) is 36.9 Å². The van der Waals surface area contributed by atoms with Crippen molar-refractivity contribution in [1.29, 1.82) is 0 Å². The van der Waals surface area contributed by atoms with Gasteiger partial charge in [0.05, 0.1) is 15.8 Å². The second-order valence-corrected chi connectivity index (χ2v) is 12.8. The zero-order valence-electron chi connectivity index (χ0n) is 23.3. The van der Waals surface area contributed by atoms with Gasteiger partial charge in [0.1, 0.15) is 5.01 Å². The molecule has 206 valence electrons. The molecule has 0 N–H and O–H groups in total. The van der Waals surface area contributed by atoms with Crippen LogP contribution < -0.4 is 0 Å². The van der Waals surface area contributed by atoms with Gasteiger partial charge in [0.15, 0.2) is 17.5 Å². The first-order valence-corrected chi connectivity index (χ1v) is 16.0. The molecular weight excluding hydrogens is 577 g/mol. The topological polar surface area (TPSA) is 51.6 Å². The summed E-state index contributed by atoms with van der Waals surface area (Å²) in [7, 11) is 0. The number of thiophene rings is 1. The SMILES string of the molecule is c1ccc(-c2nc(-c3ccc4ccccc4c3)nc(-c3c4nc(-c5ccccc5)sc4cc4sc5ccccc5c34)n2)cc1. The van der Waals surface area contributed by atoms with E-state index in [0.717, 1.165) is 48.3 Å². The summed E-state index contributed by atoms with van der Waals surface area (Å²) in [5, 5.41) is 5.63. The molecule has 44 heavy (non-hydrogen) atoms. The normalized spacial score (nSPS) is 11.6. The standard InChI is InChI=1S/C38H22N4S2/c1-3-12-24(13-4-1)35-40-36(27-20-19-23-11-7-8-16-26(23)21-27)42-37(41-35)33-32-28-17-9-10-18-29(28)43-30(32)22-31-34(33)39-38(44-31)25-14-5-2-6-15-25/h1-22H. The van der Waals surface area contributed by atoms with Crippen LogP contribution in [0.15, 0.2) is 133 Å². The molecule has 0 aliphatic heterocycles. The van der Waals surface area contributed by atoms with Gasteiger partial charge in [-0.05, 0) is 29.0 Å². The second-order valence-electron chi connectivity index (χ2n) is 10.7. The van der Waals surface area contributed by atoms with Gasteiger partial charge >= 0.3 is 0 Å². The van der Waals surface area contributed by atoms with Crippen molar-refractivity contribution in [2.24, 2.45) is 0 Å². The Balaban J connectivity index is 1.38. The van der Waals surface area contributed by atoms with Gasteiger partial charge in [-0.25, -0.2) is 19.9 Å². The fourth-order valence-corrected chi connectivity index (χ4v) is 8.10. The van der Waals surface area contributed by atoms with E-state index in [0.29, 0.717) is 17.5 Å². The van der Waals surface area contributed by atoms with Crippen LogP contribution in [0.4, 0.5) is 0 Å². The molecule has 0 aliphatic carbocycles. The van der Waals surface area contributed by atoms with Crippen LogP contribution in [0.5, 0.6) is 0 Å². The summed E-state index contributed by atoms with van der Waals surface area (Å²) >= 11 is 3.51. The van der Waals surface area contributed by atoms with Crippen LogP contribution in [-0.2, 0) is 0 Å². The van der Waals surface area contributed by atoms with E-state index in [1.165, 1.54) is 20.2 Å². The number of aromatic nitrogens is 4. The Kier molecular flexibility index (Phi) is 5.82. The number of thiazole rings is 1. The van der Waals surface area contributed by atoms with Crippen LogP contribution in [0.2, 0.25) is 0 Å². The molecule has 0 amide bonds. The average Bonchev–Trinajstić information content (AvgIpc) is 3.69. The molecular formula is C38H22N4S2. The van der Waals surface area contributed by atoms with E-state index in [2.05, 4.69) is 109 Å². The number of benzene rings is 6. The Hall–Kier alpha value is -5.30. The maximum absolute atomic E-state index is 5.26. The minimum Gasteiger partial charge on any atom is -0.235 e. The number of nitrogens with zero attached hydrogens (tertiary/aromatic N) is 4. The van der Waals surface area contributed by atoms with Crippen molar-refractivity contribution < 1.29 is 0 Å². The fraction of sp³-hybridized carbons (Fsp3) is 0. The minimum atomic E-state index is 0.631. The van der Waals surface area contributed by atoms with Gasteiger partial charge in [-0.2, -0.15) is 0 Å². The highest BCUT2D eigenvalue weighted by molar-refractivity contribution is 7.27. The van der Waals surface area contributed by atoms with Crippen molar-refractivity contribution in [3.05, 3.63) is 133 Å². The van der Waals surface area contributed by atoms with Gasteiger partial charge in [-0.1, -0.05) is 115 Å². The number of fused-ring (bicyclic) bond motifs is 5. The summed E-state index contributed by atoms with van der Waals surface area (Å²) in [5.74, 6) is 1.91. The third-order valence-corrected chi connectivity index (χ3v) is 10.1. The largest absolute Gasteiger partial charge is 0.235 e. The highest BCUT2D eigenvalue weighted by Gasteiger charge is 2.22. The van der Waals surface area contributed by atoms with Crippen molar-refractivity contribution in [3.63, 3.8) is 0 Å². The Morgan fingerprint density at radius 1 is 0.409 bits per heavy atom. The summed E-state index contributed by atoms with van der Waals surface area (Å²) in [6.45, 7) is 0. The van der Waals surface area contributed by atoms with Crippen LogP contribution in [0, 0.1) is 0 Å². The zero-order valence-corrected chi connectivity index (χ0v) is 24.9. The monoisotopic (exact) mass is 598 g/mol. The lowest BCUT2D eigenvalue weighted by molar-refractivity contribution is 1.08. The van der Waals surface area contributed by atoms with Gasteiger partial charge in [-0.15, -0.1) is 22.7 Å². The quantitative estimate of drug-likeness (QED) is 0.202.